The van der Waals surface area contributed by atoms with Crippen LogP contribution < -0.4 is 16.5 Å². The molecule has 3 saturated heterocycles. The van der Waals surface area contributed by atoms with Crippen molar-refractivity contribution in [3.63, 3.8) is 0 Å². The number of aliphatic hydroxyl groups is 6. The molecule has 3 fully saturated rings. The van der Waals surface area contributed by atoms with Gasteiger partial charge in [-0.1, -0.05) is 0 Å². The van der Waals surface area contributed by atoms with Crippen molar-refractivity contribution in [2.24, 2.45) is 5.73 Å². The van der Waals surface area contributed by atoms with Gasteiger partial charge in [0.1, 0.15) is 24.2 Å². The van der Waals surface area contributed by atoms with E-state index >= 15 is 0 Å². The number of likely N-dealkylation sites (tertiary alicyclic amines) is 2. The minimum absolute atomic E-state index is 0.114. The monoisotopic (exact) mass is 532 g/mol. The summed E-state index contributed by atoms with van der Waals surface area (Å²) in [6, 6.07) is -4.68. The normalized spacial score (nSPS) is 34.3. The quantitative estimate of drug-likeness (QED) is 0.141. The maximum Gasteiger partial charge on any atom is 0.246 e. The van der Waals surface area contributed by atoms with E-state index in [-0.39, 0.29) is 39.0 Å². The molecule has 0 bridgehead atoms. The van der Waals surface area contributed by atoms with Gasteiger partial charge in [-0.25, -0.2) is 10.4 Å². The van der Waals surface area contributed by atoms with E-state index in [4.69, 9.17) is 5.73 Å². The number of amides is 4. The maximum absolute atomic E-state index is 13.5. The van der Waals surface area contributed by atoms with Crippen molar-refractivity contribution in [1.82, 2.24) is 25.6 Å². The predicted molar refractivity (Wildman–Crippen MR) is 123 cm³/mol. The first-order valence-electron chi connectivity index (χ1n) is 12.1. The summed E-state index contributed by atoms with van der Waals surface area (Å²) in [6.07, 6.45) is -6.13. The minimum atomic E-state index is -1.41. The second kappa shape index (κ2) is 12.0. The number of primary amides is 1. The fraction of sp³-hybridized carbons (Fsp3) is 0.810. The van der Waals surface area contributed by atoms with Gasteiger partial charge in [-0.2, -0.15) is 0 Å². The smallest absolute Gasteiger partial charge is 0.246 e. The molecule has 3 rings (SSSR count). The Bertz CT molecular complexity index is 877. The topological polar surface area (TPSA) is 249 Å². The van der Waals surface area contributed by atoms with Crippen LogP contribution >= 0.6 is 0 Å². The van der Waals surface area contributed by atoms with Gasteiger partial charge in [0.15, 0.2) is 0 Å². The van der Waals surface area contributed by atoms with Crippen molar-refractivity contribution in [3.8, 4) is 0 Å². The van der Waals surface area contributed by atoms with Gasteiger partial charge >= 0.3 is 0 Å². The lowest BCUT2D eigenvalue weighted by atomic mass is 10.0. The van der Waals surface area contributed by atoms with Crippen LogP contribution in [0.1, 0.15) is 19.8 Å². The lowest BCUT2D eigenvalue weighted by Crippen LogP contribution is -2.65. The molecule has 0 aromatic carbocycles. The molecule has 16 heteroatoms. The molecule has 210 valence electrons. The molecular weight excluding hydrogens is 496 g/mol. The van der Waals surface area contributed by atoms with Crippen LogP contribution in [0.5, 0.6) is 0 Å². The van der Waals surface area contributed by atoms with E-state index in [2.05, 4.69) is 10.7 Å². The van der Waals surface area contributed by atoms with Crippen LogP contribution in [0.25, 0.3) is 0 Å². The van der Waals surface area contributed by atoms with Gasteiger partial charge in [0.25, 0.3) is 0 Å². The number of rotatable bonds is 8. The van der Waals surface area contributed by atoms with Crippen LogP contribution in [-0.4, -0.2) is 157 Å². The van der Waals surface area contributed by atoms with Crippen LogP contribution in [-0.2, 0) is 19.2 Å². The van der Waals surface area contributed by atoms with E-state index in [1.165, 1.54) is 11.9 Å². The highest BCUT2D eigenvalue weighted by atomic mass is 16.3. The number of nitrogens with two attached hydrogens (primary N) is 1. The third kappa shape index (κ3) is 6.53. The van der Waals surface area contributed by atoms with Gasteiger partial charge in [-0.05, 0) is 6.92 Å². The Kier molecular flexibility index (Phi) is 9.41. The third-order valence-electron chi connectivity index (χ3n) is 6.92. The number of carbonyl (C=O) groups is 4. The van der Waals surface area contributed by atoms with Gasteiger partial charge in [-0.3, -0.25) is 19.2 Å². The molecular formula is C21H36N6O10. The Morgan fingerprint density at radius 1 is 1.00 bits per heavy atom. The third-order valence-corrected chi connectivity index (χ3v) is 6.92. The van der Waals surface area contributed by atoms with Gasteiger partial charge < -0.3 is 51.5 Å². The number of hydrogen-bond acceptors (Lipinski definition) is 12. The Morgan fingerprint density at radius 2 is 1.59 bits per heavy atom. The summed E-state index contributed by atoms with van der Waals surface area (Å²) < 4.78 is 0. The van der Waals surface area contributed by atoms with Crippen LogP contribution in [0.2, 0.25) is 0 Å². The summed E-state index contributed by atoms with van der Waals surface area (Å²) in [5.74, 6) is -3.08. The molecule has 0 saturated carbocycles. The summed E-state index contributed by atoms with van der Waals surface area (Å²) in [5, 5.41) is 63.0. The molecule has 3 heterocycles. The largest absolute Gasteiger partial charge is 0.395 e. The molecule has 0 aromatic rings. The molecule has 37 heavy (non-hydrogen) atoms. The number of nitrogens with zero attached hydrogens (tertiary/aromatic N) is 3. The molecule has 9 atom stereocenters. The minimum Gasteiger partial charge on any atom is -0.395 e. The molecule has 3 aliphatic heterocycles. The average molecular weight is 533 g/mol. The Labute approximate surface area is 212 Å². The number of nitrogens with one attached hydrogen (secondary N) is 2. The molecule has 0 radical (unpaired) electrons. The van der Waals surface area contributed by atoms with Crippen molar-refractivity contribution in [1.29, 1.82) is 0 Å². The van der Waals surface area contributed by atoms with E-state index in [1.54, 1.807) is 0 Å². The van der Waals surface area contributed by atoms with Crippen LogP contribution in [0.15, 0.2) is 0 Å². The van der Waals surface area contributed by atoms with Crippen molar-refractivity contribution >= 4 is 23.6 Å². The van der Waals surface area contributed by atoms with Gasteiger partial charge in [0.2, 0.25) is 23.6 Å². The second-order valence-electron chi connectivity index (χ2n) is 9.83. The number of hydrogen-bond donors (Lipinski definition) is 9. The van der Waals surface area contributed by atoms with Crippen LogP contribution in [0.3, 0.4) is 0 Å². The molecule has 4 amide bonds. The first-order valence-corrected chi connectivity index (χ1v) is 12.1. The van der Waals surface area contributed by atoms with E-state index < -0.39 is 84.9 Å². The zero-order chi connectivity index (χ0) is 27.6. The number of carbonyl (C=O) groups excluding carboxylic acids is 4. The summed E-state index contributed by atoms with van der Waals surface area (Å²) >= 11 is 0. The van der Waals surface area contributed by atoms with Gasteiger partial charge in [0.05, 0.1) is 43.6 Å². The molecule has 0 aliphatic carbocycles. The summed E-state index contributed by atoms with van der Waals surface area (Å²) in [7, 11) is 0. The highest BCUT2D eigenvalue weighted by Gasteiger charge is 2.47. The number of β-amino-alcohol motifs (C(OH)–C–C–N with tert-alkyl or cyclic N) is 3. The summed E-state index contributed by atoms with van der Waals surface area (Å²) in [5.41, 5.74) is 7.95. The maximum atomic E-state index is 13.5. The van der Waals surface area contributed by atoms with Gasteiger partial charge in [0, 0.05) is 32.5 Å². The SMILES string of the molecule is C[C@@H](O)[C@H](NC(=O)[C@@H]1C[C@@H](O)CN1C(=O)[C@@H]1C[C@@H](O)CN1C(=O)CN1C[C@@H](O)[C@H](O)[C@@H](CO)N1)C(N)=O. The fourth-order valence-electron chi connectivity index (χ4n) is 4.98. The second-order valence-corrected chi connectivity index (χ2v) is 9.83. The zero-order valence-corrected chi connectivity index (χ0v) is 20.4. The van der Waals surface area contributed by atoms with Crippen molar-refractivity contribution < 1.29 is 49.8 Å². The van der Waals surface area contributed by atoms with Gasteiger partial charge in [-0.15, -0.1) is 0 Å². The standard InChI is InChI=1S/C21H36N6O10/c1-9(29)17(19(22)35)23-20(36)13-2-10(30)5-27(13)21(37)14-3-11(31)4-26(14)16(33)7-25-6-15(32)18(34)12(8-28)24-25/h9-15,17-18,24,28-32,34H,2-8H2,1H3,(H2,22,35)(H,23,36)/t9-,10-,11-,12-,13+,14+,15-,17+,18-/m1/s1. The zero-order valence-electron chi connectivity index (χ0n) is 20.4. The molecule has 3 aliphatic rings. The lowest BCUT2D eigenvalue weighted by Gasteiger charge is -2.40. The Morgan fingerprint density at radius 3 is 2.16 bits per heavy atom. The van der Waals surface area contributed by atoms with Crippen LogP contribution in [0, 0.1) is 0 Å². The predicted octanol–water partition coefficient (Wildman–Crippen LogP) is -6.84. The molecule has 0 aromatic heterocycles. The van der Waals surface area contributed by atoms with E-state index in [0.29, 0.717) is 0 Å². The lowest BCUT2D eigenvalue weighted by molar-refractivity contribution is -0.149. The van der Waals surface area contributed by atoms with Crippen molar-refractivity contribution in [2.75, 3.05) is 32.8 Å². The first kappa shape index (κ1) is 29.1. The highest BCUT2D eigenvalue weighted by Crippen LogP contribution is 2.26. The molecule has 16 nitrogen and oxygen atoms in total. The summed E-state index contributed by atoms with van der Waals surface area (Å²) in [6.45, 7) is -0.126. The average Bonchev–Trinajstić information content (AvgIpc) is 3.41. The van der Waals surface area contributed by atoms with Crippen molar-refractivity contribution in [3.05, 3.63) is 0 Å². The Balaban J connectivity index is 1.71. The van der Waals surface area contributed by atoms with E-state index in [1.807, 2.05) is 0 Å². The number of hydrazine groups is 1. The molecule has 0 spiro atoms. The van der Waals surface area contributed by atoms with E-state index in [9.17, 15) is 49.8 Å². The number of aliphatic hydroxyl groups excluding tert-OH is 6. The molecule has 0 unspecified atom stereocenters. The first-order chi connectivity index (χ1) is 17.3. The fourth-order valence-corrected chi connectivity index (χ4v) is 4.98. The molecule has 10 N–H and O–H groups in total. The summed E-state index contributed by atoms with van der Waals surface area (Å²) in [4.78, 5) is 53.2. The van der Waals surface area contributed by atoms with E-state index in [0.717, 1.165) is 9.80 Å². The van der Waals surface area contributed by atoms with Crippen molar-refractivity contribution in [2.45, 2.75) is 74.5 Å². The Hall–Kier alpha value is -2.44. The van der Waals surface area contributed by atoms with Crippen LogP contribution in [0.4, 0.5) is 0 Å². The highest BCUT2D eigenvalue weighted by molar-refractivity contribution is 5.95.